The van der Waals surface area contributed by atoms with Gasteiger partial charge in [-0.2, -0.15) is 4.68 Å². The lowest BCUT2D eigenvalue weighted by Gasteiger charge is -2.31. The number of amides is 1. The van der Waals surface area contributed by atoms with Gasteiger partial charge in [0.2, 0.25) is 0 Å². The molecule has 0 radical (unpaired) electrons. The maximum Gasteiger partial charge on any atom is 0.348 e. The first-order chi connectivity index (χ1) is 14.0. The van der Waals surface area contributed by atoms with E-state index in [1.54, 1.807) is 36.3 Å². The van der Waals surface area contributed by atoms with Crippen LogP contribution in [-0.4, -0.2) is 45.8 Å². The summed E-state index contributed by atoms with van der Waals surface area (Å²) in [6.07, 6.45) is 1.64. The summed E-state index contributed by atoms with van der Waals surface area (Å²) in [5, 5.41) is 4.39. The number of carbonyl (C=O) groups is 1. The Kier molecular flexibility index (Phi) is 5.16. The van der Waals surface area contributed by atoms with Gasteiger partial charge in [-0.3, -0.25) is 9.78 Å². The van der Waals surface area contributed by atoms with Crippen LogP contribution in [0.4, 0.5) is 4.39 Å². The molecule has 0 aliphatic carbocycles. The topological polar surface area (TPSA) is 80.2 Å². The number of methoxy groups -OCH3 is 1. The van der Waals surface area contributed by atoms with E-state index in [-0.39, 0.29) is 23.3 Å². The molecule has 1 atom stereocenters. The molecule has 3 aromatic rings. The van der Waals surface area contributed by atoms with Crippen LogP contribution in [0, 0.1) is 5.82 Å². The second-order valence-electron chi connectivity index (χ2n) is 7.02. The van der Waals surface area contributed by atoms with Crippen molar-refractivity contribution in [3.05, 3.63) is 76.2 Å². The first-order valence-electron chi connectivity index (χ1n) is 9.43. The van der Waals surface area contributed by atoms with E-state index in [0.29, 0.717) is 35.9 Å². The molecule has 8 heteroatoms. The third kappa shape index (κ3) is 3.91. The predicted molar refractivity (Wildman–Crippen MR) is 105 cm³/mol. The summed E-state index contributed by atoms with van der Waals surface area (Å²) >= 11 is 0. The van der Waals surface area contributed by atoms with Crippen LogP contribution in [-0.2, 0) is 0 Å². The molecule has 1 amide bonds. The highest BCUT2D eigenvalue weighted by atomic mass is 19.1. The zero-order valence-corrected chi connectivity index (χ0v) is 16.0. The van der Waals surface area contributed by atoms with Gasteiger partial charge < -0.3 is 9.64 Å². The van der Waals surface area contributed by atoms with E-state index in [2.05, 4.69) is 10.1 Å². The van der Waals surface area contributed by atoms with Crippen LogP contribution in [0.2, 0.25) is 0 Å². The Morgan fingerprint density at radius 2 is 1.90 bits per heavy atom. The standard InChI is InChI=1S/C21H21FN4O3/c1-29-18-10-4-14(5-11-18)20(27)25-12-2-3-15(13-25)19-23-21(28)26(24-19)17-8-6-16(22)7-9-17/h4-11,15H,2-3,12-13H2,1H3,(H,23,24,28). The number of nitrogens with one attached hydrogen (secondary N) is 1. The van der Waals surface area contributed by atoms with E-state index in [0.717, 1.165) is 12.8 Å². The Hall–Kier alpha value is -3.42. The molecule has 0 spiro atoms. The second-order valence-corrected chi connectivity index (χ2v) is 7.02. The molecule has 0 saturated carbocycles. The summed E-state index contributed by atoms with van der Waals surface area (Å²) in [4.78, 5) is 29.8. The molecule has 29 heavy (non-hydrogen) atoms. The number of benzene rings is 2. The highest BCUT2D eigenvalue weighted by molar-refractivity contribution is 5.94. The monoisotopic (exact) mass is 396 g/mol. The van der Waals surface area contributed by atoms with Crippen LogP contribution in [0.3, 0.4) is 0 Å². The Bertz CT molecular complexity index is 1060. The number of hydrogen-bond acceptors (Lipinski definition) is 4. The number of nitrogens with zero attached hydrogens (tertiary/aromatic N) is 3. The molecule has 2 heterocycles. The Morgan fingerprint density at radius 1 is 1.17 bits per heavy atom. The fraction of sp³-hybridized carbons (Fsp3) is 0.286. The third-order valence-electron chi connectivity index (χ3n) is 5.14. The van der Waals surface area contributed by atoms with Crippen LogP contribution in [0.1, 0.15) is 34.9 Å². The highest BCUT2D eigenvalue weighted by Gasteiger charge is 2.28. The first kappa shape index (κ1) is 18.9. The van der Waals surface area contributed by atoms with Gasteiger partial charge in [0.1, 0.15) is 17.4 Å². The first-order valence-corrected chi connectivity index (χ1v) is 9.43. The molecule has 1 aliphatic rings. The van der Waals surface area contributed by atoms with Crippen molar-refractivity contribution in [1.29, 1.82) is 0 Å². The van der Waals surface area contributed by atoms with Gasteiger partial charge >= 0.3 is 5.69 Å². The molecule has 1 fully saturated rings. The lowest BCUT2D eigenvalue weighted by Crippen LogP contribution is -2.39. The lowest BCUT2D eigenvalue weighted by molar-refractivity contribution is 0.0704. The number of halogens is 1. The number of aromatic nitrogens is 3. The van der Waals surface area contributed by atoms with Gasteiger partial charge in [0.05, 0.1) is 12.8 Å². The maximum absolute atomic E-state index is 13.1. The second kappa shape index (κ2) is 7.90. The zero-order valence-electron chi connectivity index (χ0n) is 16.0. The molecule has 2 aromatic carbocycles. The lowest BCUT2D eigenvalue weighted by atomic mass is 9.96. The fourth-order valence-corrected chi connectivity index (χ4v) is 3.58. The van der Waals surface area contributed by atoms with Gasteiger partial charge in [0.25, 0.3) is 5.91 Å². The van der Waals surface area contributed by atoms with Crippen molar-refractivity contribution in [2.24, 2.45) is 0 Å². The van der Waals surface area contributed by atoms with E-state index in [9.17, 15) is 14.0 Å². The van der Waals surface area contributed by atoms with Crippen molar-refractivity contribution >= 4 is 5.91 Å². The van der Waals surface area contributed by atoms with Gasteiger partial charge in [-0.1, -0.05) is 0 Å². The zero-order chi connectivity index (χ0) is 20.4. The minimum atomic E-state index is -0.384. The van der Waals surface area contributed by atoms with Gasteiger partial charge in [0.15, 0.2) is 0 Å². The van der Waals surface area contributed by atoms with Crippen LogP contribution < -0.4 is 10.4 Å². The third-order valence-corrected chi connectivity index (χ3v) is 5.14. The Morgan fingerprint density at radius 3 is 2.59 bits per heavy atom. The summed E-state index contributed by atoms with van der Waals surface area (Å²) in [6.45, 7) is 1.13. The average molecular weight is 396 g/mol. The Labute approximate surface area is 166 Å². The van der Waals surface area contributed by atoms with E-state index in [1.165, 1.54) is 28.9 Å². The Balaban J connectivity index is 1.52. The smallest absolute Gasteiger partial charge is 0.348 e. The van der Waals surface area contributed by atoms with Gasteiger partial charge in [-0.15, -0.1) is 5.10 Å². The normalized spacial score (nSPS) is 16.6. The molecule has 1 aliphatic heterocycles. The SMILES string of the molecule is COc1ccc(C(=O)N2CCCC(c3nn(-c4ccc(F)cc4)c(=O)[nH]3)C2)cc1. The summed E-state index contributed by atoms with van der Waals surface area (Å²) in [5.41, 5.74) is 0.697. The summed E-state index contributed by atoms with van der Waals surface area (Å²) in [5.74, 6) is 0.726. The molecular weight excluding hydrogens is 375 g/mol. The van der Waals surface area contributed by atoms with E-state index in [4.69, 9.17) is 4.74 Å². The van der Waals surface area contributed by atoms with Crippen molar-refractivity contribution in [3.8, 4) is 11.4 Å². The van der Waals surface area contributed by atoms with Crippen molar-refractivity contribution in [3.63, 3.8) is 0 Å². The highest BCUT2D eigenvalue weighted by Crippen LogP contribution is 2.25. The molecule has 7 nitrogen and oxygen atoms in total. The van der Waals surface area contributed by atoms with Crippen LogP contribution in [0.15, 0.2) is 53.3 Å². The summed E-state index contributed by atoms with van der Waals surface area (Å²) in [7, 11) is 1.58. The number of rotatable bonds is 4. The number of carbonyl (C=O) groups excluding carboxylic acids is 1. The molecule has 150 valence electrons. The molecule has 0 bridgehead atoms. The van der Waals surface area contributed by atoms with Crippen molar-refractivity contribution in [2.75, 3.05) is 20.2 Å². The van der Waals surface area contributed by atoms with E-state index >= 15 is 0 Å². The van der Waals surface area contributed by atoms with E-state index < -0.39 is 0 Å². The summed E-state index contributed by atoms with van der Waals surface area (Å²) in [6, 6.07) is 12.6. The number of hydrogen-bond donors (Lipinski definition) is 1. The largest absolute Gasteiger partial charge is 0.497 e. The number of ether oxygens (including phenoxy) is 1. The molecular formula is C21H21FN4O3. The van der Waals surface area contributed by atoms with Crippen molar-refractivity contribution < 1.29 is 13.9 Å². The molecule has 1 N–H and O–H groups in total. The summed E-state index contributed by atoms with van der Waals surface area (Å²) < 4.78 is 19.5. The number of piperidine rings is 1. The van der Waals surface area contributed by atoms with Gasteiger partial charge in [-0.05, 0) is 61.4 Å². The average Bonchev–Trinajstić information content (AvgIpc) is 3.15. The maximum atomic E-state index is 13.1. The van der Waals surface area contributed by atoms with Crippen molar-refractivity contribution in [2.45, 2.75) is 18.8 Å². The molecule has 1 saturated heterocycles. The molecule has 4 rings (SSSR count). The van der Waals surface area contributed by atoms with Crippen LogP contribution in [0.5, 0.6) is 5.75 Å². The number of aromatic amines is 1. The number of likely N-dealkylation sites (tertiary alicyclic amines) is 1. The predicted octanol–water partition coefficient (Wildman–Crippen LogP) is 2.73. The van der Waals surface area contributed by atoms with E-state index in [1.807, 2.05) is 0 Å². The minimum Gasteiger partial charge on any atom is -0.497 e. The van der Waals surface area contributed by atoms with Crippen LogP contribution >= 0.6 is 0 Å². The molecule has 1 unspecified atom stereocenters. The molecule has 1 aromatic heterocycles. The quantitative estimate of drug-likeness (QED) is 0.735. The van der Waals surface area contributed by atoms with Gasteiger partial charge in [0, 0.05) is 24.6 Å². The van der Waals surface area contributed by atoms with Gasteiger partial charge in [-0.25, -0.2) is 9.18 Å². The number of H-pyrrole nitrogens is 1. The van der Waals surface area contributed by atoms with Crippen LogP contribution in [0.25, 0.3) is 5.69 Å². The minimum absolute atomic E-state index is 0.0577. The van der Waals surface area contributed by atoms with Crippen molar-refractivity contribution in [1.82, 2.24) is 19.7 Å². The fourth-order valence-electron chi connectivity index (χ4n) is 3.58.